The number of hydrogen-bond acceptors (Lipinski definition) is 6. The molecule has 2 N–H and O–H groups in total. The van der Waals surface area contributed by atoms with Gasteiger partial charge in [-0.1, -0.05) is 6.08 Å². The Balaban J connectivity index is 2.46. The molecule has 2 rings (SSSR count). The summed E-state index contributed by atoms with van der Waals surface area (Å²) in [6, 6.07) is 3.13. The molecule has 1 aliphatic rings. The molecule has 146 valence electrons. The molecule has 0 saturated carbocycles. The number of phenols is 1. The Morgan fingerprint density at radius 1 is 1.26 bits per heavy atom. The molecule has 0 unspecified atom stereocenters. The van der Waals surface area contributed by atoms with E-state index in [1.165, 1.54) is 20.1 Å². The van der Waals surface area contributed by atoms with E-state index in [0.717, 1.165) is 0 Å². The lowest BCUT2D eigenvalue weighted by Crippen LogP contribution is -2.41. The maximum atomic E-state index is 11.4. The second-order valence-corrected chi connectivity index (χ2v) is 7.50. The second kappa shape index (κ2) is 7.74. The molecule has 0 aromatic heterocycles. The largest absolute Gasteiger partial charge is 0.504 e. The topological polar surface area (TPSA) is 94.1 Å². The molecule has 0 aliphatic carbocycles. The highest BCUT2D eigenvalue weighted by Crippen LogP contribution is 2.39. The number of methoxy groups -OCH3 is 1. The first-order valence-corrected chi connectivity index (χ1v) is 8.67. The van der Waals surface area contributed by atoms with Crippen molar-refractivity contribution in [3.05, 3.63) is 28.7 Å². The summed E-state index contributed by atoms with van der Waals surface area (Å²) in [7, 11) is 0.741. The molecule has 0 spiro atoms. The number of hydrogen-bond donors (Lipinski definition) is 2. The Kier molecular flexibility index (Phi) is 6.02. The number of rotatable bonds is 6. The predicted molar refractivity (Wildman–Crippen MR) is 103 cm³/mol. The van der Waals surface area contributed by atoms with Crippen molar-refractivity contribution in [1.29, 1.82) is 0 Å². The van der Waals surface area contributed by atoms with Gasteiger partial charge in [-0.2, -0.15) is 0 Å². The zero-order valence-electron chi connectivity index (χ0n) is 16.6. The van der Waals surface area contributed by atoms with Gasteiger partial charge in [-0.25, -0.2) is 0 Å². The molecule has 1 aromatic carbocycles. The third-order valence-electron chi connectivity index (χ3n) is 4.92. The second-order valence-electron chi connectivity index (χ2n) is 7.50. The van der Waals surface area contributed by atoms with E-state index in [-0.39, 0.29) is 29.5 Å². The van der Waals surface area contributed by atoms with Crippen molar-refractivity contribution in [1.82, 2.24) is 5.32 Å². The summed E-state index contributed by atoms with van der Waals surface area (Å²) in [5.74, 6) is -0.225. The van der Waals surface area contributed by atoms with Crippen LogP contribution in [-0.2, 0) is 14.1 Å². The standard InChI is InChI=1S/C19H26BNO6/c1-12(23)21-10-15(20-26-18(2,3)19(4,5)27-20)8-13-7-14(11-22)17(24)16(9-13)25-6/h7-9,11,24H,10H2,1-6H3,(H,21,23). The molecule has 1 amide bonds. The highest BCUT2D eigenvalue weighted by Gasteiger charge is 2.52. The summed E-state index contributed by atoms with van der Waals surface area (Å²) < 4.78 is 17.3. The number of amides is 1. The van der Waals surface area contributed by atoms with Crippen LogP contribution in [0.5, 0.6) is 11.5 Å². The molecular formula is C19H26BNO6. The van der Waals surface area contributed by atoms with E-state index < -0.39 is 18.3 Å². The first-order valence-electron chi connectivity index (χ1n) is 8.67. The number of carbonyl (C=O) groups is 2. The molecule has 7 nitrogen and oxygen atoms in total. The van der Waals surface area contributed by atoms with Crippen molar-refractivity contribution in [2.24, 2.45) is 0 Å². The van der Waals surface area contributed by atoms with Crippen LogP contribution in [-0.4, -0.2) is 49.3 Å². The van der Waals surface area contributed by atoms with Crippen molar-refractivity contribution in [2.75, 3.05) is 13.7 Å². The van der Waals surface area contributed by atoms with E-state index in [1.807, 2.05) is 27.7 Å². The van der Waals surface area contributed by atoms with Crippen LogP contribution in [0.15, 0.2) is 17.6 Å². The van der Waals surface area contributed by atoms with Gasteiger partial charge in [0.05, 0.1) is 23.9 Å². The highest BCUT2D eigenvalue weighted by molar-refractivity contribution is 6.56. The first kappa shape index (κ1) is 21.0. The average Bonchev–Trinajstić information content (AvgIpc) is 2.80. The quantitative estimate of drug-likeness (QED) is 0.586. The lowest BCUT2D eigenvalue weighted by Gasteiger charge is -2.32. The summed E-state index contributed by atoms with van der Waals surface area (Å²) in [6.45, 7) is 9.41. The zero-order chi connectivity index (χ0) is 20.4. The molecule has 8 heteroatoms. The first-order chi connectivity index (χ1) is 12.5. The summed E-state index contributed by atoms with van der Waals surface area (Å²) in [6.07, 6.45) is 2.31. The van der Waals surface area contributed by atoms with Gasteiger partial charge in [0.15, 0.2) is 17.8 Å². The van der Waals surface area contributed by atoms with Gasteiger partial charge in [0.1, 0.15) is 0 Å². The SMILES string of the molecule is COc1cc(C=C(CNC(C)=O)B2OC(C)(C)C(C)(C)O2)cc(C=O)c1O. The van der Waals surface area contributed by atoms with Gasteiger partial charge in [0, 0.05) is 13.5 Å². The van der Waals surface area contributed by atoms with Crippen LogP contribution < -0.4 is 10.1 Å². The van der Waals surface area contributed by atoms with Gasteiger partial charge in [-0.3, -0.25) is 9.59 Å². The van der Waals surface area contributed by atoms with Crippen LogP contribution in [0.4, 0.5) is 0 Å². The number of aromatic hydroxyl groups is 1. The molecule has 0 atom stereocenters. The lowest BCUT2D eigenvalue weighted by atomic mass is 9.77. The van der Waals surface area contributed by atoms with E-state index in [4.69, 9.17) is 14.0 Å². The minimum Gasteiger partial charge on any atom is -0.504 e. The maximum absolute atomic E-state index is 11.4. The third-order valence-corrected chi connectivity index (χ3v) is 4.92. The summed E-state index contributed by atoms with van der Waals surface area (Å²) in [4.78, 5) is 22.6. The molecule has 0 radical (unpaired) electrons. The minimum absolute atomic E-state index is 0.105. The normalized spacial score (nSPS) is 18.3. The monoisotopic (exact) mass is 375 g/mol. The van der Waals surface area contributed by atoms with E-state index in [2.05, 4.69) is 5.32 Å². The smallest absolute Gasteiger partial charge is 0.492 e. The minimum atomic E-state index is -0.665. The van der Waals surface area contributed by atoms with Crippen molar-refractivity contribution in [2.45, 2.75) is 45.8 Å². The Morgan fingerprint density at radius 3 is 2.33 bits per heavy atom. The van der Waals surface area contributed by atoms with Gasteiger partial charge >= 0.3 is 7.12 Å². The fraction of sp³-hybridized carbons (Fsp3) is 0.474. The number of phenolic OH excluding ortho intramolecular Hbond substituents is 1. The molecule has 27 heavy (non-hydrogen) atoms. The van der Waals surface area contributed by atoms with Crippen molar-refractivity contribution >= 4 is 25.4 Å². The van der Waals surface area contributed by atoms with Crippen molar-refractivity contribution < 1.29 is 28.7 Å². The maximum Gasteiger partial charge on any atom is 0.492 e. The summed E-state index contributed by atoms with van der Waals surface area (Å²) >= 11 is 0. The van der Waals surface area contributed by atoms with E-state index in [9.17, 15) is 14.7 Å². The van der Waals surface area contributed by atoms with E-state index in [0.29, 0.717) is 17.3 Å². The molecule has 1 heterocycles. The number of aldehydes is 1. The highest BCUT2D eigenvalue weighted by atomic mass is 16.7. The van der Waals surface area contributed by atoms with Crippen LogP contribution in [0.1, 0.15) is 50.5 Å². The van der Waals surface area contributed by atoms with Crippen LogP contribution in [0.25, 0.3) is 6.08 Å². The zero-order valence-corrected chi connectivity index (χ0v) is 16.6. The molecule has 1 aliphatic heterocycles. The molecule has 0 bridgehead atoms. The Bertz CT molecular complexity index is 756. The molecule has 1 fully saturated rings. The Morgan fingerprint density at radius 2 is 1.85 bits per heavy atom. The summed E-state index contributed by atoms with van der Waals surface area (Å²) in [5, 5.41) is 12.7. The van der Waals surface area contributed by atoms with Crippen LogP contribution in [0, 0.1) is 0 Å². The van der Waals surface area contributed by atoms with Gasteiger partial charge < -0.3 is 24.5 Å². The van der Waals surface area contributed by atoms with Crippen LogP contribution in [0.3, 0.4) is 0 Å². The van der Waals surface area contributed by atoms with Crippen molar-refractivity contribution in [3.63, 3.8) is 0 Å². The average molecular weight is 375 g/mol. The number of carbonyl (C=O) groups excluding carboxylic acids is 2. The molecule has 1 aromatic rings. The predicted octanol–water partition coefficient (Wildman–Crippen LogP) is 2.36. The third kappa shape index (κ3) is 4.51. The van der Waals surface area contributed by atoms with Crippen LogP contribution in [0.2, 0.25) is 0 Å². The fourth-order valence-electron chi connectivity index (χ4n) is 2.62. The van der Waals surface area contributed by atoms with Crippen LogP contribution >= 0.6 is 0 Å². The lowest BCUT2D eigenvalue weighted by molar-refractivity contribution is -0.118. The fourth-order valence-corrected chi connectivity index (χ4v) is 2.62. The van der Waals surface area contributed by atoms with Gasteiger partial charge in [-0.15, -0.1) is 0 Å². The number of ether oxygens (including phenoxy) is 1. The van der Waals surface area contributed by atoms with Gasteiger partial charge in [0.2, 0.25) is 5.91 Å². The number of nitrogens with one attached hydrogen (secondary N) is 1. The number of benzene rings is 1. The Hall–Kier alpha value is -2.32. The molecular weight excluding hydrogens is 349 g/mol. The van der Waals surface area contributed by atoms with E-state index in [1.54, 1.807) is 12.1 Å². The van der Waals surface area contributed by atoms with Gasteiger partial charge in [0.25, 0.3) is 0 Å². The summed E-state index contributed by atoms with van der Waals surface area (Å²) in [5.41, 5.74) is 0.324. The van der Waals surface area contributed by atoms with Crippen molar-refractivity contribution in [3.8, 4) is 11.5 Å². The Labute approximate surface area is 159 Å². The van der Waals surface area contributed by atoms with E-state index >= 15 is 0 Å². The van der Waals surface area contributed by atoms with Gasteiger partial charge in [-0.05, 0) is 50.9 Å². The molecule has 1 saturated heterocycles.